The normalized spacial score (nSPS) is 16.6. The standard InChI is InChI=1S/C15H21ClFNO/c1-11(13-5-6-14(16)15(17)9-13)18-7-2-8-19-10-12-3-4-12/h5-6,9,11-12,18H,2-4,7-8,10H2,1H3. The van der Waals surface area contributed by atoms with Gasteiger partial charge in [0.1, 0.15) is 5.82 Å². The number of hydrogen-bond acceptors (Lipinski definition) is 2. The minimum Gasteiger partial charge on any atom is -0.381 e. The van der Waals surface area contributed by atoms with Crippen molar-refractivity contribution in [1.82, 2.24) is 5.32 Å². The molecule has 106 valence electrons. The van der Waals surface area contributed by atoms with Crippen LogP contribution >= 0.6 is 11.6 Å². The molecule has 0 amide bonds. The number of rotatable bonds is 8. The summed E-state index contributed by atoms with van der Waals surface area (Å²) in [5.74, 6) is 0.463. The van der Waals surface area contributed by atoms with E-state index in [9.17, 15) is 4.39 Å². The first-order valence-corrected chi connectivity index (χ1v) is 7.30. The van der Waals surface area contributed by atoms with Crippen molar-refractivity contribution in [2.75, 3.05) is 19.8 Å². The highest BCUT2D eigenvalue weighted by Gasteiger charge is 2.20. The molecule has 0 bridgehead atoms. The lowest BCUT2D eigenvalue weighted by atomic mass is 10.1. The molecule has 0 heterocycles. The van der Waals surface area contributed by atoms with E-state index in [1.165, 1.54) is 18.9 Å². The smallest absolute Gasteiger partial charge is 0.142 e. The lowest BCUT2D eigenvalue weighted by molar-refractivity contribution is 0.121. The second-order valence-electron chi connectivity index (χ2n) is 5.22. The highest BCUT2D eigenvalue weighted by molar-refractivity contribution is 6.30. The van der Waals surface area contributed by atoms with E-state index in [1.807, 2.05) is 13.0 Å². The van der Waals surface area contributed by atoms with Crippen LogP contribution in [0.5, 0.6) is 0 Å². The van der Waals surface area contributed by atoms with E-state index in [0.717, 1.165) is 37.7 Å². The summed E-state index contributed by atoms with van der Waals surface area (Å²) >= 11 is 5.67. The van der Waals surface area contributed by atoms with Crippen molar-refractivity contribution < 1.29 is 9.13 Å². The molecule has 0 aliphatic heterocycles. The molecule has 0 saturated heterocycles. The van der Waals surface area contributed by atoms with Gasteiger partial charge in [-0.2, -0.15) is 0 Å². The minimum atomic E-state index is -0.361. The summed E-state index contributed by atoms with van der Waals surface area (Å²) in [5.41, 5.74) is 0.917. The van der Waals surface area contributed by atoms with E-state index in [0.29, 0.717) is 0 Å². The fraction of sp³-hybridized carbons (Fsp3) is 0.600. The van der Waals surface area contributed by atoms with Crippen LogP contribution in [0, 0.1) is 11.7 Å². The Morgan fingerprint density at radius 3 is 2.95 bits per heavy atom. The SMILES string of the molecule is CC(NCCCOCC1CC1)c1ccc(Cl)c(F)c1. The number of nitrogens with one attached hydrogen (secondary N) is 1. The molecule has 4 heteroatoms. The highest BCUT2D eigenvalue weighted by Crippen LogP contribution is 2.28. The van der Waals surface area contributed by atoms with Gasteiger partial charge < -0.3 is 10.1 Å². The van der Waals surface area contributed by atoms with Crippen molar-refractivity contribution in [2.45, 2.75) is 32.2 Å². The third-order valence-corrected chi connectivity index (χ3v) is 3.72. The molecular weight excluding hydrogens is 265 g/mol. The molecule has 0 aromatic heterocycles. The minimum absolute atomic E-state index is 0.121. The van der Waals surface area contributed by atoms with E-state index < -0.39 is 0 Å². The topological polar surface area (TPSA) is 21.3 Å². The van der Waals surface area contributed by atoms with E-state index in [2.05, 4.69) is 5.32 Å². The molecule has 1 saturated carbocycles. The van der Waals surface area contributed by atoms with Crippen LogP contribution in [0.3, 0.4) is 0 Å². The van der Waals surface area contributed by atoms with Gasteiger partial charge in [-0.1, -0.05) is 17.7 Å². The van der Waals surface area contributed by atoms with Crippen LogP contribution in [-0.2, 0) is 4.74 Å². The Kier molecular flexibility index (Phi) is 5.61. The summed E-state index contributed by atoms with van der Waals surface area (Å²) in [4.78, 5) is 0. The van der Waals surface area contributed by atoms with Gasteiger partial charge in [0.2, 0.25) is 0 Å². The maximum absolute atomic E-state index is 13.3. The predicted molar refractivity (Wildman–Crippen MR) is 76.0 cm³/mol. The number of benzene rings is 1. The average molecular weight is 286 g/mol. The van der Waals surface area contributed by atoms with Crippen molar-refractivity contribution >= 4 is 11.6 Å². The quantitative estimate of drug-likeness (QED) is 0.730. The van der Waals surface area contributed by atoms with Gasteiger partial charge in [-0.05, 0) is 56.3 Å². The Hall–Kier alpha value is -0.640. The zero-order valence-electron chi connectivity index (χ0n) is 11.3. The molecule has 2 rings (SSSR count). The van der Waals surface area contributed by atoms with Crippen molar-refractivity contribution in [3.63, 3.8) is 0 Å². The molecule has 1 fully saturated rings. The van der Waals surface area contributed by atoms with Crippen LogP contribution in [0.1, 0.15) is 37.8 Å². The maximum Gasteiger partial charge on any atom is 0.142 e. The third kappa shape index (κ3) is 5.09. The lowest BCUT2D eigenvalue weighted by Gasteiger charge is -2.14. The maximum atomic E-state index is 13.3. The summed E-state index contributed by atoms with van der Waals surface area (Å²) in [5, 5.41) is 3.53. The van der Waals surface area contributed by atoms with Gasteiger partial charge >= 0.3 is 0 Å². The Labute approximate surface area is 119 Å². The Bertz CT molecular complexity index is 409. The van der Waals surface area contributed by atoms with Crippen LogP contribution in [-0.4, -0.2) is 19.8 Å². The molecule has 1 aromatic carbocycles. The summed E-state index contributed by atoms with van der Waals surface area (Å²) in [6, 6.07) is 5.06. The third-order valence-electron chi connectivity index (χ3n) is 3.41. The summed E-state index contributed by atoms with van der Waals surface area (Å²) in [6.07, 6.45) is 3.64. The van der Waals surface area contributed by atoms with Crippen molar-refractivity contribution in [3.05, 3.63) is 34.6 Å². The Morgan fingerprint density at radius 2 is 2.26 bits per heavy atom. The molecule has 0 spiro atoms. The first-order chi connectivity index (χ1) is 9.16. The summed E-state index contributed by atoms with van der Waals surface area (Å²) in [6.45, 7) is 4.60. The van der Waals surface area contributed by atoms with Crippen molar-refractivity contribution in [2.24, 2.45) is 5.92 Å². The van der Waals surface area contributed by atoms with Gasteiger partial charge in [-0.15, -0.1) is 0 Å². The second-order valence-corrected chi connectivity index (χ2v) is 5.63. The van der Waals surface area contributed by atoms with Crippen LogP contribution in [0.15, 0.2) is 18.2 Å². The molecule has 1 aliphatic rings. The first kappa shape index (κ1) is 14.8. The van der Waals surface area contributed by atoms with Crippen LogP contribution in [0.25, 0.3) is 0 Å². The van der Waals surface area contributed by atoms with Crippen LogP contribution in [0.2, 0.25) is 5.02 Å². The first-order valence-electron chi connectivity index (χ1n) is 6.93. The summed E-state index contributed by atoms with van der Waals surface area (Å²) < 4.78 is 18.9. The van der Waals surface area contributed by atoms with E-state index in [1.54, 1.807) is 6.07 Å². The van der Waals surface area contributed by atoms with E-state index in [-0.39, 0.29) is 16.9 Å². The second kappa shape index (κ2) is 7.22. The monoisotopic (exact) mass is 285 g/mol. The van der Waals surface area contributed by atoms with Gasteiger partial charge in [-0.3, -0.25) is 0 Å². The predicted octanol–water partition coefficient (Wildman–Crippen LogP) is 3.95. The molecule has 0 radical (unpaired) electrons. The van der Waals surface area contributed by atoms with Gasteiger partial charge in [-0.25, -0.2) is 4.39 Å². The molecule has 1 N–H and O–H groups in total. The van der Waals surface area contributed by atoms with Crippen molar-refractivity contribution in [1.29, 1.82) is 0 Å². The number of hydrogen-bond donors (Lipinski definition) is 1. The van der Waals surface area contributed by atoms with Gasteiger partial charge in [0, 0.05) is 19.3 Å². The van der Waals surface area contributed by atoms with Gasteiger partial charge in [0.05, 0.1) is 5.02 Å². The molecule has 1 aromatic rings. The van der Waals surface area contributed by atoms with Crippen LogP contribution < -0.4 is 5.32 Å². The van der Waals surface area contributed by atoms with E-state index in [4.69, 9.17) is 16.3 Å². The largest absolute Gasteiger partial charge is 0.381 e. The fourth-order valence-electron chi connectivity index (χ4n) is 1.93. The fourth-order valence-corrected chi connectivity index (χ4v) is 2.04. The highest BCUT2D eigenvalue weighted by atomic mass is 35.5. The molecular formula is C15H21ClFNO. The van der Waals surface area contributed by atoms with E-state index >= 15 is 0 Å². The number of ether oxygens (including phenoxy) is 1. The zero-order chi connectivity index (χ0) is 13.7. The van der Waals surface area contributed by atoms with Crippen molar-refractivity contribution in [3.8, 4) is 0 Å². The number of halogens is 2. The van der Waals surface area contributed by atoms with Gasteiger partial charge in [0.15, 0.2) is 0 Å². The zero-order valence-corrected chi connectivity index (χ0v) is 12.0. The molecule has 1 aliphatic carbocycles. The lowest BCUT2D eigenvalue weighted by Crippen LogP contribution is -2.21. The molecule has 2 nitrogen and oxygen atoms in total. The Balaban J connectivity index is 1.62. The summed E-state index contributed by atoms with van der Waals surface area (Å²) in [7, 11) is 0. The average Bonchev–Trinajstić information content (AvgIpc) is 3.20. The molecule has 19 heavy (non-hydrogen) atoms. The molecule has 1 atom stereocenters. The van der Waals surface area contributed by atoms with Gasteiger partial charge in [0.25, 0.3) is 0 Å². The Morgan fingerprint density at radius 1 is 1.47 bits per heavy atom. The molecule has 1 unspecified atom stereocenters. The van der Waals surface area contributed by atoms with Crippen LogP contribution in [0.4, 0.5) is 4.39 Å².